The molecule has 4 nitrogen and oxygen atoms in total. The van der Waals surface area contributed by atoms with Crippen molar-refractivity contribution in [2.24, 2.45) is 0 Å². The minimum atomic E-state index is -0.612. The van der Waals surface area contributed by atoms with Crippen LogP contribution in [0, 0.1) is 0 Å². The molecule has 4 radical (unpaired) electrons. The number of phenols is 1. The van der Waals surface area contributed by atoms with Gasteiger partial charge < -0.3 is 23.4 Å². The molecule has 0 saturated carbocycles. The molecule has 92 valence electrons. The summed E-state index contributed by atoms with van der Waals surface area (Å²) in [6.07, 6.45) is 0. The van der Waals surface area contributed by atoms with Crippen LogP contribution in [0.4, 0.5) is 0 Å². The van der Waals surface area contributed by atoms with Gasteiger partial charge in [-0.1, -0.05) is 6.07 Å². The molecule has 2 N–H and O–H groups in total. The Kier molecular flexibility index (Phi) is 8.65. The molecule has 18 heavy (non-hydrogen) atoms. The molecular formula is C12H16BNaO4. The number of aromatic hydroxyl groups is 1. The SMILES string of the molecule is CC(C)(C)OC(=O)c1cc(CO)ccc1O.[B-].[Na+]. The Labute approximate surface area is 131 Å². The van der Waals surface area contributed by atoms with Crippen molar-refractivity contribution in [1.29, 1.82) is 0 Å². The molecule has 0 bridgehead atoms. The van der Waals surface area contributed by atoms with Crippen molar-refractivity contribution >= 4 is 14.4 Å². The summed E-state index contributed by atoms with van der Waals surface area (Å²) in [4.78, 5) is 11.7. The molecule has 0 saturated heterocycles. The standard InChI is InChI=1S/C12H16O4.B.Na/c1-12(2,3)16-11(15)9-6-8(7-13)4-5-10(9)14;;/h4-6,13-14H,7H2,1-3H3;;/q;-1;+1. The van der Waals surface area contributed by atoms with Gasteiger partial charge in [-0.2, -0.15) is 0 Å². The van der Waals surface area contributed by atoms with E-state index in [9.17, 15) is 9.90 Å². The Morgan fingerprint density at radius 1 is 1.33 bits per heavy atom. The summed E-state index contributed by atoms with van der Waals surface area (Å²) in [5, 5.41) is 18.4. The molecule has 0 aliphatic rings. The maximum absolute atomic E-state index is 11.7. The van der Waals surface area contributed by atoms with Crippen LogP contribution < -0.4 is 29.6 Å². The number of aliphatic hydroxyl groups is 1. The van der Waals surface area contributed by atoms with Crippen LogP contribution in [0.15, 0.2) is 18.2 Å². The van der Waals surface area contributed by atoms with E-state index < -0.39 is 11.6 Å². The maximum atomic E-state index is 11.7. The molecule has 0 unspecified atom stereocenters. The molecule has 0 aromatic heterocycles. The summed E-state index contributed by atoms with van der Waals surface area (Å²) in [6, 6.07) is 4.33. The summed E-state index contributed by atoms with van der Waals surface area (Å²) in [6.45, 7) is 5.06. The van der Waals surface area contributed by atoms with Crippen molar-refractivity contribution in [2.45, 2.75) is 33.0 Å². The molecule has 1 aromatic carbocycles. The minimum absolute atomic E-state index is 0. The summed E-state index contributed by atoms with van der Waals surface area (Å²) < 4.78 is 5.12. The van der Waals surface area contributed by atoms with E-state index in [4.69, 9.17) is 9.84 Å². The summed E-state index contributed by atoms with van der Waals surface area (Å²) in [5.41, 5.74) is 0.0128. The van der Waals surface area contributed by atoms with Gasteiger partial charge in [0, 0.05) is 0 Å². The van der Waals surface area contributed by atoms with Gasteiger partial charge in [0.1, 0.15) is 16.9 Å². The zero-order valence-corrected chi connectivity index (χ0v) is 13.2. The van der Waals surface area contributed by atoms with E-state index in [1.807, 2.05) is 0 Å². The fourth-order valence-electron chi connectivity index (χ4n) is 1.18. The number of phenolic OH excluding ortho intramolecular Hbond substituents is 1. The number of ether oxygens (including phenoxy) is 1. The van der Waals surface area contributed by atoms with Gasteiger partial charge in [0.15, 0.2) is 0 Å². The predicted octanol–water partition coefficient (Wildman–Crippen LogP) is -1.54. The first-order chi connectivity index (χ1) is 7.33. The van der Waals surface area contributed by atoms with Crippen LogP contribution in [0.5, 0.6) is 5.75 Å². The van der Waals surface area contributed by atoms with Gasteiger partial charge in [-0.25, -0.2) is 4.79 Å². The normalized spacial score (nSPS) is 10.0. The number of esters is 1. The van der Waals surface area contributed by atoms with E-state index >= 15 is 0 Å². The average Bonchev–Trinajstić information content (AvgIpc) is 2.15. The Balaban J connectivity index is 0. The summed E-state index contributed by atoms with van der Waals surface area (Å²) in [5.74, 6) is -0.744. The number of rotatable bonds is 2. The van der Waals surface area contributed by atoms with Gasteiger partial charge in [-0.15, -0.1) is 0 Å². The monoisotopic (exact) mass is 258 g/mol. The van der Waals surface area contributed by atoms with E-state index in [0.29, 0.717) is 5.56 Å². The molecule has 6 heteroatoms. The number of hydrogen-bond donors (Lipinski definition) is 2. The van der Waals surface area contributed by atoms with Crippen LogP contribution in [-0.4, -0.2) is 30.2 Å². The molecule has 1 aromatic rings. The third-order valence-electron chi connectivity index (χ3n) is 1.86. The predicted molar refractivity (Wildman–Crippen MR) is 65.0 cm³/mol. The number of aliphatic hydroxyl groups excluding tert-OH is 1. The molecule has 0 fully saturated rings. The Bertz CT molecular complexity index is 402. The van der Waals surface area contributed by atoms with Crippen LogP contribution in [0.1, 0.15) is 36.7 Å². The van der Waals surface area contributed by atoms with E-state index in [-0.39, 0.29) is 55.9 Å². The van der Waals surface area contributed by atoms with E-state index in [2.05, 4.69) is 0 Å². The van der Waals surface area contributed by atoms with Crippen LogP contribution in [0.3, 0.4) is 0 Å². The molecule has 0 aliphatic carbocycles. The zero-order valence-electron chi connectivity index (χ0n) is 11.2. The van der Waals surface area contributed by atoms with Crippen LogP contribution >= 0.6 is 0 Å². The van der Waals surface area contributed by atoms with Gasteiger partial charge in [-0.05, 0) is 38.5 Å². The second-order valence-corrected chi connectivity index (χ2v) is 4.51. The third kappa shape index (κ3) is 5.91. The van der Waals surface area contributed by atoms with Crippen molar-refractivity contribution in [3.05, 3.63) is 29.3 Å². The van der Waals surface area contributed by atoms with Gasteiger partial charge in [0.05, 0.1) is 6.61 Å². The van der Waals surface area contributed by atoms with Gasteiger partial charge in [0.2, 0.25) is 0 Å². The summed E-state index contributed by atoms with van der Waals surface area (Å²) in [7, 11) is 0. The molecule has 0 aliphatic heterocycles. The minimum Gasteiger partial charge on any atom is -1.00 e. The smallest absolute Gasteiger partial charge is 1.00 e. The van der Waals surface area contributed by atoms with E-state index in [1.165, 1.54) is 12.1 Å². The number of benzene rings is 1. The third-order valence-corrected chi connectivity index (χ3v) is 1.86. The maximum Gasteiger partial charge on any atom is 1.00 e. The Morgan fingerprint density at radius 3 is 2.33 bits per heavy atom. The molecule has 0 spiro atoms. The molecule has 0 atom stereocenters. The van der Waals surface area contributed by atoms with Crippen molar-refractivity contribution in [3.8, 4) is 5.75 Å². The van der Waals surface area contributed by atoms with Gasteiger partial charge in [-0.3, -0.25) is 0 Å². The molecule has 0 amide bonds. The van der Waals surface area contributed by atoms with E-state index in [1.54, 1.807) is 26.8 Å². The van der Waals surface area contributed by atoms with Crippen molar-refractivity contribution in [1.82, 2.24) is 0 Å². The number of carbonyl (C=O) groups excluding carboxylic acids is 1. The first-order valence-corrected chi connectivity index (χ1v) is 4.99. The molecule has 1 rings (SSSR count). The van der Waals surface area contributed by atoms with Gasteiger partial charge in [0.25, 0.3) is 0 Å². The first-order valence-electron chi connectivity index (χ1n) is 4.99. The molecular weight excluding hydrogens is 242 g/mol. The Hall–Kier alpha value is -0.485. The van der Waals surface area contributed by atoms with E-state index in [0.717, 1.165) is 0 Å². The molecule has 0 heterocycles. The number of carbonyl (C=O) groups is 1. The Morgan fingerprint density at radius 2 is 1.89 bits per heavy atom. The van der Waals surface area contributed by atoms with Crippen LogP contribution in [0.25, 0.3) is 0 Å². The van der Waals surface area contributed by atoms with Gasteiger partial charge >= 0.3 is 35.5 Å². The fraction of sp³-hybridized carbons (Fsp3) is 0.417. The number of hydrogen-bond acceptors (Lipinski definition) is 4. The van der Waals surface area contributed by atoms with Crippen molar-refractivity contribution in [3.63, 3.8) is 0 Å². The second kappa shape index (κ2) is 7.84. The largest absolute Gasteiger partial charge is 1.00 e. The first kappa shape index (κ1) is 19.8. The quantitative estimate of drug-likeness (QED) is 0.498. The van der Waals surface area contributed by atoms with Crippen LogP contribution in [0.2, 0.25) is 0 Å². The average molecular weight is 258 g/mol. The van der Waals surface area contributed by atoms with Crippen molar-refractivity contribution in [2.75, 3.05) is 0 Å². The second-order valence-electron chi connectivity index (χ2n) is 4.51. The van der Waals surface area contributed by atoms with Crippen LogP contribution in [-0.2, 0) is 11.3 Å². The van der Waals surface area contributed by atoms with Crippen molar-refractivity contribution < 1.29 is 49.3 Å². The topological polar surface area (TPSA) is 66.8 Å². The fourth-order valence-corrected chi connectivity index (χ4v) is 1.18. The zero-order chi connectivity index (χ0) is 12.3. The summed E-state index contributed by atoms with van der Waals surface area (Å²) >= 11 is 0.